The summed E-state index contributed by atoms with van der Waals surface area (Å²) in [6, 6.07) is 5.83. The zero-order chi connectivity index (χ0) is 15.4. The van der Waals surface area contributed by atoms with Crippen LogP contribution >= 0.6 is 11.3 Å². The van der Waals surface area contributed by atoms with Crippen LogP contribution in [-0.4, -0.2) is 22.0 Å². The van der Waals surface area contributed by atoms with Gasteiger partial charge in [-0.2, -0.15) is 0 Å². The monoisotopic (exact) mass is 306 g/mol. The number of hydrogen-bond donors (Lipinski definition) is 2. The highest BCUT2D eigenvalue weighted by Gasteiger charge is 2.10. The van der Waals surface area contributed by atoms with E-state index >= 15 is 0 Å². The lowest BCUT2D eigenvalue weighted by atomic mass is 10.2. The molecule has 7 heteroatoms. The second-order valence-electron chi connectivity index (χ2n) is 4.16. The van der Waals surface area contributed by atoms with Crippen molar-refractivity contribution in [3.05, 3.63) is 47.1 Å². The molecule has 0 bridgehead atoms. The van der Waals surface area contributed by atoms with E-state index < -0.39 is 11.9 Å². The Morgan fingerprint density at radius 3 is 2.62 bits per heavy atom. The standard InChI is InChI=1S/C14H11FN2O3S/c1-8(6-12(18)19)13(20)17-14-16-11(7-21-14)9-2-4-10(15)5-3-9/h2-7H,1H3,(H,18,19)(H,16,17,20)/b8-6-. The lowest BCUT2D eigenvalue weighted by Crippen LogP contribution is -2.13. The summed E-state index contributed by atoms with van der Waals surface area (Å²) < 4.78 is 12.8. The lowest BCUT2D eigenvalue weighted by Gasteiger charge is -2.00. The molecular weight excluding hydrogens is 295 g/mol. The zero-order valence-corrected chi connectivity index (χ0v) is 11.8. The number of anilines is 1. The van der Waals surface area contributed by atoms with Crippen LogP contribution in [0.15, 0.2) is 41.3 Å². The van der Waals surface area contributed by atoms with Crippen LogP contribution in [-0.2, 0) is 9.59 Å². The lowest BCUT2D eigenvalue weighted by molar-refractivity contribution is -0.131. The van der Waals surface area contributed by atoms with Crippen LogP contribution in [0.1, 0.15) is 6.92 Å². The molecule has 2 aromatic rings. The van der Waals surface area contributed by atoms with Gasteiger partial charge in [0, 0.05) is 22.6 Å². The van der Waals surface area contributed by atoms with Gasteiger partial charge in [0.1, 0.15) is 5.82 Å². The van der Waals surface area contributed by atoms with Crippen molar-refractivity contribution in [3.8, 4) is 11.3 Å². The van der Waals surface area contributed by atoms with Crippen molar-refractivity contribution >= 4 is 28.3 Å². The van der Waals surface area contributed by atoms with Crippen LogP contribution in [0.5, 0.6) is 0 Å². The van der Waals surface area contributed by atoms with E-state index in [2.05, 4.69) is 10.3 Å². The maximum absolute atomic E-state index is 12.8. The van der Waals surface area contributed by atoms with Gasteiger partial charge in [-0.3, -0.25) is 10.1 Å². The van der Waals surface area contributed by atoms with Crippen LogP contribution in [0.2, 0.25) is 0 Å². The molecule has 5 nitrogen and oxygen atoms in total. The molecule has 0 radical (unpaired) electrons. The third kappa shape index (κ3) is 3.96. The van der Waals surface area contributed by atoms with E-state index in [1.54, 1.807) is 17.5 Å². The molecule has 0 spiro atoms. The second-order valence-corrected chi connectivity index (χ2v) is 5.02. The van der Waals surface area contributed by atoms with Gasteiger partial charge in [-0.05, 0) is 31.2 Å². The van der Waals surface area contributed by atoms with Gasteiger partial charge in [0.2, 0.25) is 0 Å². The van der Waals surface area contributed by atoms with Crippen molar-refractivity contribution in [2.24, 2.45) is 0 Å². The first-order valence-corrected chi connectivity index (χ1v) is 6.77. The number of hydrogen-bond acceptors (Lipinski definition) is 4. The first kappa shape index (κ1) is 14.9. The number of carbonyl (C=O) groups is 2. The van der Waals surface area contributed by atoms with Crippen molar-refractivity contribution in [1.29, 1.82) is 0 Å². The quantitative estimate of drug-likeness (QED) is 0.851. The number of carbonyl (C=O) groups excluding carboxylic acids is 1. The molecule has 2 rings (SSSR count). The smallest absolute Gasteiger partial charge is 0.328 e. The number of amides is 1. The summed E-state index contributed by atoms with van der Waals surface area (Å²) in [5, 5.41) is 13.2. The van der Waals surface area contributed by atoms with Crippen LogP contribution in [0.4, 0.5) is 9.52 Å². The molecule has 108 valence electrons. The van der Waals surface area contributed by atoms with Crippen molar-refractivity contribution in [3.63, 3.8) is 0 Å². The largest absolute Gasteiger partial charge is 0.478 e. The average Bonchev–Trinajstić information content (AvgIpc) is 2.87. The van der Waals surface area contributed by atoms with Crippen molar-refractivity contribution in [2.75, 3.05) is 5.32 Å². The van der Waals surface area contributed by atoms with E-state index in [1.165, 1.54) is 30.4 Å². The molecule has 0 aliphatic rings. The highest BCUT2D eigenvalue weighted by molar-refractivity contribution is 7.14. The van der Waals surface area contributed by atoms with Gasteiger partial charge in [-0.15, -0.1) is 11.3 Å². The molecule has 0 aliphatic carbocycles. The molecule has 1 aromatic heterocycles. The Labute approximate surface area is 123 Å². The first-order valence-electron chi connectivity index (χ1n) is 5.90. The number of thiazole rings is 1. The molecule has 1 heterocycles. The molecule has 0 fully saturated rings. The van der Waals surface area contributed by atoms with E-state index in [9.17, 15) is 14.0 Å². The van der Waals surface area contributed by atoms with Crippen LogP contribution < -0.4 is 5.32 Å². The third-order valence-electron chi connectivity index (χ3n) is 2.56. The Balaban J connectivity index is 2.12. The molecular formula is C14H11FN2O3S. The van der Waals surface area contributed by atoms with Crippen LogP contribution in [0, 0.1) is 5.82 Å². The fourth-order valence-electron chi connectivity index (χ4n) is 1.53. The van der Waals surface area contributed by atoms with Crippen molar-refractivity contribution in [1.82, 2.24) is 4.98 Å². The maximum Gasteiger partial charge on any atom is 0.328 e. The SMILES string of the molecule is C/C(=C/C(=O)O)C(=O)Nc1nc(-c2ccc(F)cc2)cs1. The zero-order valence-electron chi connectivity index (χ0n) is 11.0. The average molecular weight is 306 g/mol. The van der Waals surface area contributed by atoms with Gasteiger partial charge >= 0.3 is 5.97 Å². The van der Waals surface area contributed by atoms with Crippen molar-refractivity contribution < 1.29 is 19.1 Å². The molecule has 21 heavy (non-hydrogen) atoms. The van der Waals surface area contributed by atoms with Gasteiger partial charge in [-0.1, -0.05) is 0 Å². The van der Waals surface area contributed by atoms with E-state index in [4.69, 9.17) is 5.11 Å². The predicted molar refractivity (Wildman–Crippen MR) is 77.5 cm³/mol. The van der Waals surface area contributed by atoms with E-state index in [0.717, 1.165) is 11.6 Å². The van der Waals surface area contributed by atoms with Crippen LogP contribution in [0.25, 0.3) is 11.3 Å². The minimum Gasteiger partial charge on any atom is -0.478 e. The van der Waals surface area contributed by atoms with Crippen LogP contribution in [0.3, 0.4) is 0 Å². The topological polar surface area (TPSA) is 79.3 Å². The third-order valence-corrected chi connectivity index (χ3v) is 3.32. The Bertz CT molecular complexity index is 707. The Morgan fingerprint density at radius 2 is 2.00 bits per heavy atom. The molecule has 0 saturated heterocycles. The summed E-state index contributed by atoms with van der Waals surface area (Å²) in [5.74, 6) is -2.05. The summed E-state index contributed by atoms with van der Waals surface area (Å²) >= 11 is 1.20. The Hall–Kier alpha value is -2.54. The predicted octanol–water partition coefficient (Wildman–Crippen LogP) is 2.92. The molecule has 0 aliphatic heterocycles. The van der Waals surface area contributed by atoms with E-state index in [0.29, 0.717) is 10.8 Å². The molecule has 0 atom stereocenters. The van der Waals surface area contributed by atoms with E-state index in [1.807, 2.05) is 0 Å². The number of nitrogens with zero attached hydrogens (tertiary/aromatic N) is 1. The fraction of sp³-hybridized carbons (Fsp3) is 0.0714. The summed E-state index contributed by atoms with van der Waals surface area (Å²) in [7, 11) is 0. The number of halogens is 1. The number of carboxylic acids is 1. The second kappa shape index (κ2) is 6.27. The van der Waals surface area contributed by atoms with Gasteiger partial charge in [0.05, 0.1) is 5.69 Å². The molecule has 0 saturated carbocycles. The maximum atomic E-state index is 12.8. The minimum absolute atomic E-state index is 0.0704. The normalized spacial score (nSPS) is 11.2. The van der Waals surface area contributed by atoms with Gasteiger partial charge in [-0.25, -0.2) is 14.2 Å². The molecule has 1 amide bonds. The summed E-state index contributed by atoms with van der Waals surface area (Å²) in [4.78, 5) is 26.4. The molecule has 0 unspecified atom stereocenters. The number of aromatic nitrogens is 1. The molecule has 1 aromatic carbocycles. The van der Waals surface area contributed by atoms with Gasteiger partial charge < -0.3 is 5.11 Å². The molecule has 2 N–H and O–H groups in total. The summed E-state index contributed by atoms with van der Waals surface area (Å²) in [6.45, 7) is 1.40. The number of nitrogens with one attached hydrogen (secondary N) is 1. The van der Waals surface area contributed by atoms with Gasteiger partial charge in [0.15, 0.2) is 5.13 Å². The highest BCUT2D eigenvalue weighted by Crippen LogP contribution is 2.25. The number of aliphatic carboxylic acids is 1. The number of rotatable bonds is 4. The summed E-state index contributed by atoms with van der Waals surface area (Å²) in [6.07, 6.45) is 0.823. The Kier molecular flexibility index (Phi) is 4.44. The van der Waals surface area contributed by atoms with E-state index in [-0.39, 0.29) is 11.4 Å². The number of benzene rings is 1. The highest BCUT2D eigenvalue weighted by atomic mass is 32.1. The van der Waals surface area contributed by atoms with Crippen molar-refractivity contribution in [2.45, 2.75) is 6.92 Å². The van der Waals surface area contributed by atoms with Gasteiger partial charge in [0.25, 0.3) is 5.91 Å². The number of carboxylic acid groups (broad SMARTS) is 1. The summed E-state index contributed by atoms with van der Waals surface area (Å²) in [5.41, 5.74) is 1.40. The minimum atomic E-state index is -1.19. The fourth-order valence-corrected chi connectivity index (χ4v) is 2.25. The first-order chi connectivity index (χ1) is 9.95. The Morgan fingerprint density at radius 1 is 1.33 bits per heavy atom.